The van der Waals surface area contributed by atoms with Gasteiger partial charge in [-0.05, 0) is 51.8 Å². The van der Waals surface area contributed by atoms with Crippen LogP contribution in [0.25, 0.3) is 0 Å². The van der Waals surface area contributed by atoms with E-state index in [9.17, 15) is 4.79 Å². The molecule has 1 aromatic rings. The number of carbonyl (C=O) groups excluding carboxylic acids is 1. The Bertz CT molecular complexity index is 590. The molecule has 0 heterocycles. The minimum atomic E-state index is -0.245. The van der Waals surface area contributed by atoms with Crippen molar-refractivity contribution < 1.29 is 4.79 Å². The Morgan fingerprint density at radius 3 is 2.58 bits per heavy atom. The van der Waals surface area contributed by atoms with Crippen molar-refractivity contribution in [1.29, 1.82) is 0 Å². The number of hydrogen-bond donors (Lipinski definition) is 3. The molecule has 146 valence electrons. The number of amides is 1. The Morgan fingerprint density at radius 1 is 1.23 bits per heavy atom. The molecule has 26 heavy (non-hydrogen) atoms. The van der Waals surface area contributed by atoms with Crippen LogP contribution in [0.5, 0.6) is 0 Å². The topological polar surface area (TPSA) is 65.5 Å². The summed E-state index contributed by atoms with van der Waals surface area (Å²) < 4.78 is 0. The number of carbonyl (C=O) groups is 1. The standard InChI is InChI=1S/C21H36N4O/c1-7-8-9-11-16(2)24-20(22-6)23-15-17-12-10-13-18(14-17)19(26)25-21(3,4)5/h10,12-14,16H,7-9,11,15H2,1-6H3,(H,25,26)(H2,22,23,24). The Labute approximate surface area is 159 Å². The zero-order chi connectivity index (χ0) is 19.6. The highest BCUT2D eigenvalue weighted by molar-refractivity contribution is 5.94. The predicted molar refractivity (Wildman–Crippen MR) is 111 cm³/mol. The van der Waals surface area contributed by atoms with Crippen molar-refractivity contribution in [2.75, 3.05) is 7.05 Å². The molecule has 1 atom stereocenters. The molecule has 0 aliphatic heterocycles. The lowest BCUT2D eigenvalue weighted by molar-refractivity contribution is 0.0919. The van der Waals surface area contributed by atoms with Crippen LogP contribution in [-0.4, -0.2) is 30.5 Å². The molecule has 1 rings (SSSR count). The van der Waals surface area contributed by atoms with Crippen LogP contribution in [0.4, 0.5) is 0 Å². The molecule has 0 bridgehead atoms. The Balaban J connectivity index is 2.57. The number of guanidine groups is 1. The first-order valence-corrected chi connectivity index (χ1v) is 9.63. The van der Waals surface area contributed by atoms with Gasteiger partial charge >= 0.3 is 0 Å². The largest absolute Gasteiger partial charge is 0.354 e. The van der Waals surface area contributed by atoms with E-state index in [1.54, 1.807) is 7.05 Å². The lowest BCUT2D eigenvalue weighted by Crippen LogP contribution is -2.42. The van der Waals surface area contributed by atoms with Gasteiger partial charge in [-0.25, -0.2) is 0 Å². The smallest absolute Gasteiger partial charge is 0.251 e. The fourth-order valence-corrected chi connectivity index (χ4v) is 2.62. The highest BCUT2D eigenvalue weighted by Crippen LogP contribution is 2.08. The van der Waals surface area contributed by atoms with Crippen LogP contribution in [0, 0.1) is 0 Å². The van der Waals surface area contributed by atoms with Gasteiger partial charge in [-0.1, -0.05) is 38.3 Å². The van der Waals surface area contributed by atoms with Crippen LogP contribution in [-0.2, 0) is 6.54 Å². The van der Waals surface area contributed by atoms with Gasteiger partial charge in [0.25, 0.3) is 5.91 Å². The summed E-state index contributed by atoms with van der Waals surface area (Å²) in [4.78, 5) is 16.6. The van der Waals surface area contributed by atoms with E-state index in [1.165, 1.54) is 19.3 Å². The minimum Gasteiger partial charge on any atom is -0.354 e. The fourth-order valence-electron chi connectivity index (χ4n) is 2.62. The number of hydrogen-bond acceptors (Lipinski definition) is 2. The van der Waals surface area contributed by atoms with Gasteiger partial charge in [-0.3, -0.25) is 9.79 Å². The van der Waals surface area contributed by atoms with E-state index < -0.39 is 0 Å². The van der Waals surface area contributed by atoms with Crippen molar-refractivity contribution in [2.24, 2.45) is 4.99 Å². The third-order valence-corrected chi connectivity index (χ3v) is 3.99. The molecular formula is C21H36N4O. The second kappa shape index (κ2) is 10.8. The summed E-state index contributed by atoms with van der Waals surface area (Å²) in [5.41, 5.74) is 1.48. The van der Waals surface area contributed by atoms with Crippen molar-refractivity contribution >= 4 is 11.9 Å². The van der Waals surface area contributed by atoms with Crippen LogP contribution >= 0.6 is 0 Å². The van der Waals surface area contributed by atoms with E-state index in [2.05, 4.69) is 34.8 Å². The summed E-state index contributed by atoms with van der Waals surface area (Å²) in [6.45, 7) is 11.0. The number of aliphatic imine (C=N–C) groups is 1. The van der Waals surface area contributed by atoms with Crippen molar-refractivity contribution in [3.63, 3.8) is 0 Å². The van der Waals surface area contributed by atoms with Gasteiger partial charge in [0.15, 0.2) is 5.96 Å². The van der Waals surface area contributed by atoms with E-state index in [0.29, 0.717) is 18.2 Å². The van der Waals surface area contributed by atoms with Crippen LogP contribution in [0.2, 0.25) is 0 Å². The van der Waals surface area contributed by atoms with Gasteiger partial charge in [0, 0.05) is 30.7 Å². The van der Waals surface area contributed by atoms with E-state index in [4.69, 9.17) is 0 Å². The summed E-state index contributed by atoms with van der Waals surface area (Å²) in [6.07, 6.45) is 4.86. The highest BCUT2D eigenvalue weighted by Gasteiger charge is 2.15. The molecule has 0 aliphatic rings. The summed E-state index contributed by atoms with van der Waals surface area (Å²) in [5, 5.41) is 9.75. The molecule has 3 N–H and O–H groups in total. The minimum absolute atomic E-state index is 0.0496. The molecule has 0 aliphatic carbocycles. The fraction of sp³-hybridized carbons (Fsp3) is 0.619. The molecule has 0 fully saturated rings. The number of unbranched alkanes of at least 4 members (excludes halogenated alkanes) is 2. The SMILES string of the molecule is CCCCCC(C)NC(=NC)NCc1cccc(C(=O)NC(C)(C)C)c1. The Kier molecular flexibility index (Phi) is 9.17. The first-order valence-electron chi connectivity index (χ1n) is 9.63. The average Bonchev–Trinajstić information content (AvgIpc) is 2.57. The van der Waals surface area contributed by atoms with Crippen molar-refractivity contribution in [2.45, 2.75) is 78.4 Å². The molecule has 0 saturated carbocycles. The van der Waals surface area contributed by atoms with E-state index >= 15 is 0 Å². The summed E-state index contributed by atoms with van der Waals surface area (Å²) >= 11 is 0. The third-order valence-electron chi connectivity index (χ3n) is 3.99. The number of rotatable bonds is 8. The van der Waals surface area contributed by atoms with Gasteiger partial charge in [0.2, 0.25) is 0 Å². The van der Waals surface area contributed by atoms with Gasteiger partial charge in [0.1, 0.15) is 0 Å². The Morgan fingerprint density at radius 2 is 1.96 bits per heavy atom. The zero-order valence-electron chi connectivity index (χ0n) is 17.3. The summed E-state index contributed by atoms with van der Waals surface area (Å²) in [5.74, 6) is 0.741. The van der Waals surface area contributed by atoms with Crippen LogP contribution < -0.4 is 16.0 Å². The molecule has 5 nitrogen and oxygen atoms in total. The van der Waals surface area contributed by atoms with Crippen molar-refractivity contribution in [3.05, 3.63) is 35.4 Å². The maximum absolute atomic E-state index is 12.3. The summed E-state index contributed by atoms with van der Waals surface area (Å²) in [7, 11) is 1.78. The predicted octanol–water partition coefficient (Wildman–Crippen LogP) is 3.85. The van der Waals surface area contributed by atoms with Crippen LogP contribution in [0.1, 0.15) is 76.2 Å². The van der Waals surface area contributed by atoms with Gasteiger partial charge < -0.3 is 16.0 Å². The zero-order valence-corrected chi connectivity index (χ0v) is 17.3. The quantitative estimate of drug-likeness (QED) is 0.375. The van der Waals surface area contributed by atoms with Gasteiger partial charge in [-0.2, -0.15) is 0 Å². The second-order valence-corrected chi connectivity index (χ2v) is 7.87. The lowest BCUT2D eigenvalue weighted by Gasteiger charge is -2.21. The first-order chi connectivity index (χ1) is 12.2. The third kappa shape index (κ3) is 8.88. The van der Waals surface area contributed by atoms with Crippen LogP contribution in [0.3, 0.4) is 0 Å². The van der Waals surface area contributed by atoms with E-state index in [1.807, 2.05) is 45.0 Å². The number of nitrogens with one attached hydrogen (secondary N) is 3. The van der Waals surface area contributed by atoms with E-state index in [-0.39, 0.29) is 11.4 Å². The average molecular weight is 361 g/mol. The lowest BCUT2D eigenvalue weighted by atomic mass is 10.1. The molecular weight excluding hydrogens is 324 g/mol. The molecule has 1 amide bonds. The molecule has 1 aromatic carbocycles. The van der Waals surface area contributed by atoms with Gasteiger partial charge in [0.05, 0.1) is 0 Å². The monoisotopic (exact) mass is 360 g/mol. The molecule has 1 unspecified atom stereocenters. The molecule has 5 heteroatoms. The Hall–Kier alpha value is -2.04. The number of benzene rings is 1. The molecule has 0 saturated heterocycles. The summed E-state index contributed by atoms with van der Waals surface area (Å²) in [6, 6.07) is 8.08. The molecule has 0 aromatic heterocycles. The van der Waals surface area contributed by atoms with Crippen LogP contribution in [0.15, 0.2) is 29.3 Å². The normalized spacial score (nSPS) is 13.2. The van der Waals surface area contributed by atoms with E-state index in [0.717, 1.165) is 17.9 Å². The van der Waals surface area contributed by atoms with Crippen molar-refractivity contribution in [1.82, 2.24) is 16.0 Å². The second-order valence-electron chi connectivity index (χ2n) is 7.87. The maximum atomic E-state index is 12.3. The highest BCUT2D eigenvalue weighted by atomic mass is 16.1. The first kappa shape index (κ1) is 22.0. The maximum Gasteiger partial charge on any atom is 0.251 e. The van der Waals surface area contributed by atoms with Gasteiger partial charge in [-0.15, -0.1) is 0 Å². The molecule has 0 spiro atoms. The van der Waals surface area contributed by atoms with Crippen molar-refractivity contribution in [3.8, 4) is 0 Å². The molecule has 0 radical (unpaired) electrons. The number of nitrogens with zero attached hydrogens (tertiary/aromatic N) is 1.